The molecule has 2 aliphatic heterocycles. The van der Waals surface area contributed by atoms with Crippen LogP contribution in [0.25, 0.3) is 6.08 Å². The van der Waals surface area contributed by atoms with Crippen molar-refractivity contribution in [3.8, 4) is 11.5 Å². The molecule has 4 rings (SSSR count). The van der Waals surface area contributed by atoms with Gasteiger partial charge in [0.25, 0.3) is 0 Å². The van der Waals surface area contributed by atoms with E-state index in [9.17, 15) is 4.79 Å². The fourth-order valence-corrected chi connectivity index (χ4v) is 4.23. The summed E-state index contributed by atoms with van der Waals surface area (Å²) in [7, 11) is 5.35. The lowest BCUT2D eigenvalue weighted by atomic mass is 10.2. The van der Waals surface area contributed by atoms with Crippen molar-refractivity contribution in [1.82, 2.24) is 19.8 Å². The summed E-state index contributed by atoms with van der Waals surface area (Å²) in [5.41, 5.74) is 1.85. The summed E-state index contributed by atoms with van der Waals surface area (Å²) in [4.78, 5) is 31.0. The van der Waals surface area contributed by atoms with E-state index in [1.165, 1.54) is 0 Å². The molecule has 2 aliphatic rings. The highest BCUT2D eigenvalue weighted by atomic mass is 16.5. The van der Waals surface area contributed by atoms with E-state index in [1.807, 2.05) is 36.1 Å². The first-order valence-corrected chi connectivity index (χ1v) is 11.7. The number of amides is 1. The van der Waals surface area contributed by atoms with Gasteiger partial charge in [-0.15, -0.1) is 0 Å². The summed E-state index contributed by atoms with van der Waals surface area (Å²) in [6.07, 6.45) is 3.42. The van der Waals surface area contributed by atoms with Crippen molar-refractivity contribution < 1.29 is 14.3 Å². The molecule has 0 unspecified atom stereocenters. The van der Waals surface area contributed by atoms with Gasteiger partial charge in [-0.05, 0) is 37.7 Å². The number of ether oxygens (including phenoxy) is 2. The number of aromatic nitrogens is 2. The number of anilines is 2. The quantitative estimate of drug-likeness (QED) is 0.598. The van der Waals surface area contributed by atoms with E-state index in [2.05, 4.69) is 32.8 Å². The average molecular weight is 467 g/mol. The maximum absolute atomic E-state index is 12.8. The number of rotatable bonds is 6. The number of piperazine rings is 2. The van der Waals surface area contributed by atoms with Crippen LogP contribution in [0.4, 0.5) is 11.8 Å². The molecule has 9 heteroatoms. The summed E-state index contributed by atoms with van der Waals surface area (Å²) in [5.74, 6) is 3.04. The summed E-state index contributed by atoms with van der Waals surface area (Å²) in [5, 5.41) is 0. The molecule has 182 valence electrons. The van der Waals surface area contributed by atoms with Crippen LogP contribution >= 0.6 is 0 Å². The third-order valence-corrected chi connectivity index (χ3v) is 6.36. The zero-order valence-corrected chi connectivity index (χ0v) is 20.5. The van der Waals surface area contributed by atoms with Crippen molar-refractivity contribution in [2.45, 2.75) is 6.92 Å². The standard InChI is InChI=1S/C25H34N6O3/c1-19-17-23(29-11-9-28(2)10-12-29)27-25(26-19)31-15-13-30(14-16-31)24(32)8-6-20-5-7-21(33-3)22(18-20)34-4/h5-8,17-18H,9-16H2,1-4H3/b8-6+. The first-order valence-electron chi connectivity index (χ1n) is 11.7. The highest BCUT2D eigenvalue weighted by Gasteiger charge is 2.23. The number of hydrogen-bond donors (Lipinski definition) is 0. The van der Waals surface area contributed by atoms with Crippen molar-refractivity contribution >= 4 is 23.7 Å². The van der Waals surface area contributed by atoms with Gasteiger partial charge in [0, 0.05) is 70.2 Å². The van der Waals surface area contributed by atoms with Crippen LogP contribution in [-0.2, 0) is 4.79 Å². The summed E-state index contributed by atoms with van der Waals surface area (Å²) < 4.78 is 10.6. The SMILES string of the molecule is COc1ccc(/C=C/C(=O)N2CCN(c3nc(C)cc(N4CCN(C)CC4)n3)CC2)cc1OC. The van der Waals surface area contributed by atoms with Crippen LogP contribution in [-0.4, -0.2) is 99.3 Å². The lowest BCUT2D eigenvalue weighted by Gasteiger charge is -2.36. The number of aryl methyl sites for hydroxylation is 1. The number of methoxy groups -OCH3 is 2. The molecule has 9 nitrogen and oxygen atoms in total. The molecule has 1 aromatic carbocycles. The second-order valence-corrected chi connectivity index (χ2v) is 8.72. The normalized spacial score (nSPS) is 17.4. The van der Waals surface area contributed by atoms with E-state index in [-0.39, 0.29) is 5.91 Å². The van der Waals surface area contributed by atoms with Crippen molar-refractivity contribution in [2.24, 2.45) is 0 Å². The van der Waals surface area contributed by atoms with E-state index in [1.54, 1.807) is 20.3 Å². The molecule has 2 aromatic rings. The fourth-order valence-electron chi connectivity index (χ4n) is 4.23. The third kappa shape index (κ3) is 5.59. The Hall–Kier alpha value is -3.33. The second kappa shape index (κ2) is 10.7. The molecule has 0 atom stereocenters. The number of carbonyl (C=O) groups is 1. The van der Waals surface area contributed by atoms with Gasteiger partial charge in [0.05, 0.1) is 14.2 Å². The lowest BCUT2D eigenvalue weighted by molar-refractivity contribution is -0.126. The average Bonchev–Trinajstić information content (AvgIpc) is 2.87. The van der Waals surface area contributed by atoms with Gasteiger partial charge in [0.1, 0.15) is 5.82 Å². The summed E-state index contributed by atoms with van der Waals surface area (Å²) >= 11 is 0. The van der Waals surface area contributed by atoms with Crippen molar-refractivity contribution in [3.05, 3.63) is 41.6 Å². The van der Waals surface area contributed by atoms with E-state index < -0.39 is 0 Å². The first kappa shape index (κ1) is 23.8. The second-order valence-electron chi connectivity index (χ2n) is 8.72. The Morgan fingerprint density at radius 2 is 1.56 bits per heavy atom. The van der Waals surface area contributed by atoms with E-state index in [0.29, 0.717) is 37.7 Å². The molecular weight excluding hydrogens is 432 g/mol. The van der Waals surface area contributed by atoms with Gasteiger partial charge in [0.2, 0.25) is 11.9 Å². The molecule has 0 aliphatic carbocycles. The maximum Gasteiger partial charge on any atom is 0.246 e. The highest BCUT2D eigenvalue weighted by molar-refractivity contribution is 5.92. The summed E-state index contributed by atoms with van der Waals surface area (Å²) in [6, 6.07) is 7.65. The molecule has 34 heavy (non-hydrogen) atoms. The predicted octanol–water partition coefficient (Wildman–Crippen LogP) is 1.92. The smallest absolute Gasteiger partial charge is 0.246 e. The molecular formula is C25H34N6O3. The molecule has 0 radical (unpaired) electrons. The van der Waals surface area contributed by atoms with Crippen LogP contribution in [0.2, 0.25) is 0 Å². The Labute approximate surface area is 201 Å². The molecule has 2 saturated heterocycles. The summed E-state index contributed by atoms with van der Waals surface area (Å²) in [6.45, 7) is 8.73. The van der Waals surface area contributed by atoms with Crippen LogP contribution in [0, 0.1) is 6.92 Å². The van der Waals surface area contributed by atoms with E-state index in [4.69, 9.17) is 14.5 Å². The molecule has 0 N–H and O–H groups in total. The van der Waals surface area contributed by atoms with Crippen LogP contribution in [0.3, 0.4) is 0 Å². The van der Waals surface area contributed by atoms with Gasteiger partial charge in [-0.1, -0.05) is 6.07 Å². The number of hydrogen-bond acceptors (Lipinski definition) is 8. The molecule has 3 heterocycles. The van der Waals surface area contributed by atoms with Crippen molar-refractivity contribution in [2.75, 3.05) is 83.4 Å². The van der Waals surface area contributed by atoms with Gasteiger partial charge in [-0.2, -0.15) is 4.98 Å². The number of likely N-dealkylation sites (N-methyl/N-ethyl adjacent to an activating group) is 1. The highest BCUT2D eigenvalue weighted by Crippen LogP contribution is 2.28. The number of benzene rings is 1. The molecule has 0 spiro atoms. The van der Waals surface area contributed by atoms with E-state index >= 15 is 0 Å². The Morgan fingerprint density at radius 3 is 2.24 bits per heavy atom. The molecule has 1 amide bonds. The van der Waals surface area contributed by atoms with Crippen molar-refractivity contribution in [3.63, 3.8) is 0 Å². The van der Waals surface area contributed by atoms with Crippen LogP contribution in [0.15, 0.2) is 30.3 Å². The minimum Gasteiger partial charge on any atom is -0.493 e. The minimum absolute atomic E-state index is 0.00211. The van der Waals surface area contributed by atoms with Gasteiger partial charge in [0.15, 0.2) is 11.5 Å². The lowest BCUT2D eigenvalue weighted by Crippen LogP contribution is -2.49. The van der Waals surface area contributed by atoms with Gasteiger partial charge in [-0.25, -0.2) is 4.98 Å². The predicted molar refractivity (Wildman–Crippen MR) is 134 cm³/mol. The van der Waals surface area contributed by atoms with E-state index in [0.717, 1.165) is 49.2 Å². The maximum atomic E-state index is 12.8. The topological polar surface area (TPSA) is 74.3 Å². The molecule has 0 bridgehead atoms. The number of carbonyl (C=O) groups excluding carboxylic acids is 1. The molecule has 2 fully saturated rings. The third-order valence-electron chi connectivity index (χ3n) is 6.36. The van der Waals surface area contributed by atoms with Gasteiger partial charge in [-0.3, -0.25) is 4.79 Å². The Balaban J connectivity index is 1.36. The fraction of sp³-hybridized carbons (Fsp3) is 0.480. The van der Waals surface area contributed by atoms with Crippen LogP contribution in [0.1, 0.15) is 11.3 Å². The zero-order valence-electron chi connectivity index (χ0n) is 20.5. The number of nitrogens with zero attached hydrogens (tertiary/aromatic N) is 6. The van der Waals surface area contributed by atoms with Gasteiger partial charge < -0.3 is 29.1 Å². The van der Waals surface area contributed by atoms with Crippen LogP contribution < -0.4 is 19.3 Å². The molecule has 1 aromatic heterocycles. The monoisotopic (exact) mass is 466 g/mol. The minimum atomic E-state index is -0.00211. The Bertz CT molecular complexity index is 1030. The van der Waals surface area contributed by atoms with Crippen LogP contribution in [0.5, 0.6) is 11.5 Å². The van der Waals surface area contributed by atoms with Crippen molar-refractivity contribution in [1.29, 1.82) is 0 Å². The molecule has 0 saturated carbocycles. The first-order chi connectivity index (χ1) is 16.5. The largest absolute Gasteiger partial charge is 0.493 e. The Morgan fingerprint density at radius 1 is 0.882 bits per heavy atom. The zero-order chi connectivity index (χ0) is 24.1. The Kier molecular flexibility index (Phi) is 7.52. The van der Waals surface area contributed by atoms with Gasteiger partial charge >= 0.3 is 0 Å².